The second-order valence-electron chi connectivity index (χ2n) is 5.62. The number of carbonyl (C=O) groups excluding carboxylic acids is 1. The first-order valence-electron chi connectivity index (χ1n) is 7.37. The smallest absolute Gasteiger partial charge is 0.252 e. The van der Waals surface area contributed by atoms with E-state index < -0.39 is 0 Å². The van der Waals surface area contributed by atoms with Crippen molar-refractivity contribution in [1.82, 2.24) is 5.32 Å². The van der Waals surface area contributed by atoms with Gasteiger partial charge in [0.05, 0.1) is 5.56 Å². The van der Waals surface area contributed by atoms with Gasteiger partial charge in [-0.2, -0.15) is 0 Å². The van der Waals surface area contributed by atoms with Gasteiger partial charge in [0.1, 0.15) is 0 Å². The third-order valence-corrected chi connectivity index (χ3v) is 4.32. The van der Waals surface area contributed by atoms with Gasteiger partial charge in [-0.3, -0.25) is 4.79 Å². The molecule has 0 aliphatic carbocycles. The van der Waals surface area contributed by atoms with E-state index in [4.69, 9.17) is 5.73 Å². The molecule has 0 radical (unpaired) electrons. The van der Waals surface area contributed by atoms with Crippen LogP contribution in [0.1, 0.15) is 47.3 Å². The molecule has 5 heteroatoms. The number of rotatable bonds is 5. The number of hydrogen-bond donors (Lipinski definition) is 2. The predicted molar refractivity (Wildman–Crippen MR) is 101 cm³/mol. The second-order valence-corrected chi connectivity index (χ2v) is 6.47. The fourth-order valence-electron chi connectivity index (χ4n) is 2.19. The van der Waals surface area contributed by atoms with Crippen molar-refractivity contribution in [2.45, 2.75) is 25.8 Å². The van der Waals surface area contributed by atoms with Gasteiger partial charge in [0, 0.05) is 17.1 Å². The summed E-state index contributed by atoms with van der Waals surface area (Å²) in [5, 5.41) is 2.88. The molecule has 1 unspecified atom stereocenters. The molecule has 23 heavy (non-hydrogen) atoms. The fourth-order valence-corrected chi connectivity index (χ4v) is 2.65. The van der Waals surface area contributed by atoms with E-state index in [2.05, 4.69) is 47.2 Å². The van der Waals surface area contributed by atoms with Crippen LogP contribution in [0.15, 0.2) is 53.0 Å². The maximum absolute atomic E-state index is 12.1. The van der Waals surface area contributed by atoms with Gasteiger partial charge in [-0.1, -0.05) is 50.2 Å². The SMILES string of the molecule is CC(C)c1ccc(C(N)CNC(=O)c2ccccc2Br)cc1.Cl. The normalized spacial score (nSPS) is 11.7. The molecule has 1 atom stereocenters. The van der Waals surface area contributed by atoms with Crippen LogP contribution in [0.25, 0.3) is 0 Å². The third-order valence-electron chi connectivity index (χ3n) is 3.63. The van der Waals surface area contributed by atoms with Gasteiger partial charge in [-0.05, 0) is 45.1 Å². The van der Waals surface area contributed by atoms with Crippen LogP contribution in [-0.2, 0) is 0 Å². The van der Waals surface area contributed by atoms with E-state index in [9.17, 15) is 4.79 Å². The highest BCUT2D eigenvalue weighted by Gasteiger charge is 2.12. The molecule has 0 aromatic heterocycles. The molecular weight excluding hydrogens is 376 g/mol. The molecule has 3 N–H and O–H groups in total. The molecule has 2 rings (SSSR count). The monoisotopic (exact) mass is 396 g/mol. The van der Waals surface area contributed by atoms with E-state index >= 15 is 0 Å². The first kappa shape index (κ1) is 19.7. The number of amides is 1. The lowest BCUT2D eigenvalue weighted by Gasteiger charge is -2.15. The average Bonchev–Trinajstić information content (AvgIpc) is 2.52. The number of carbonyl (C=O) groups is 1. The Kier molecular flexibility index (Phi) is 7.76. The molecular formula is C18H22BrClN2O. The number of halogens is 2. The van der Waals surface area contributed by atoms with E-state index in [1.807, 2.05) is 30.3 Å². The van der Waals surface area contributed by atoms with Gasteiger partial charge in [0.2, 0.25) is 0 Å². The quantitative estimate of drug-likeness (QED) is 0.784. The second kappa shape index (κ2) is 9.06. The van der Waals surface area contributed by atoms with Crippen molar-refractivity contribution in [1.29, 1.82) is 0 Å². The highest BCUT2D eigenvalue weighted by Crippen LogP contribution is 2.18. The Morgan fingerprint density at radius 3 is 2.22 bits per heavy atom. The Hall–Kier alpha value is -1.36. The van der Waals surface area contributed by atoms with Crippen molar-refractivity contribution in [2.75, 3.05) is 6.54 Å². The van der Waals surface area contributed by atoms with Gasteiger partial charge >= 0.3 is 0 Å². The van der Waals surface area contributed by atoms with Crippen LogP contribution in [0.2, 0.25) is 0 Å². The van der Waals surface area contributed by atoms with Crippen LogP contribution >= 0.6 is 28.3 Å². The molecule has 0 bridgehead atoms. The summed E-state index contributed by atoms with van der Waals surface area (Å²) in [6, 6.07) is 15.4. The van der Waals surface area contributed by atoms with Gasteiger partial charge in [0.25, 0.3) is 5.91 Å². The molecule has 124 valence electrons. The maximum atomic E-state index is 12.1. The number of benzene rings is 2. The average molecular weight is 398 g/mol. The highest BCUT2D eigenvalue weighted by molar-refractivity contribution is 9.10. The van der Waals surface area contributed by atoms with E-state index in [0.29, 0.717) is 18.0 Å². The van der Waals surface area contributed by atoms with E-state index in [-0.39, 0.29) is 24.4 Å². The van der Waals surface area contributed by atoms with E-state index in [0.717, 1.165) is 10.0 Å². The molecule has 0 aliphatic heterocycles. The summed E-state index contributed by atoms with van der Waals surface area (Å²) in [5.74, 6) is 0.377. The van der Waals surface area contributed by atoms with Crippen LogP contribution in [-0.4, -0.2) is 12.5 Å². The zero-order chi connectivity index (χ0) is 16.1. The Morgan fingerprint density at radius 2 is 1.65 bits per heavy atom. The van der Waals surface area contributed by atoms with Crippen LogP contribution < -0.4 is 11.1 Å². The Labute approximate surface area is 152 Å². The first-order chi connectivity index (χ1) is 10.5. The zero-order valence-electron chi connectivity index (χ0n) is 13.3. The van der Waals surface area contributed by atoms with Crippen LogP contribution in [0.5, 0.6) is 0 Å². The Balaban J connectivity index is 0.00000264. The predicted octanol–water partition coefficient (Wildman–Crippen LogP) is 4.42. The number of nitrogens with two attached hydrogens (primary N) is 1. The van der Waals surface area contributed by atoms with Crippen LogP contribution in [0, 0.1) is 0 Å². The summed E-state index contributed by atoms with van der Waals surface area (Å²) in [6.45, 7) is 4.72. The van der Waals surface area contributed by atoms with E-state index in [1.165, 1.54) is 5.56 Å². The van der Waals surface area contributed by atoms with Gasteiger partial charge in [-0.15, -0.1) is 12.4 Å². The van der Waals surface area contributed by atoms with Crippen molar-refractivity contribution >= 4 is 34.2 Å². The molecule has 3 nitrogen and oxygen atoms in total. The fraction of sp³-hybridized carbons (Fsp3) is 0.278. The molecule has 0 fully saturated rings. The van der Waals surface area contributed by atoms with Crippen molar-refractivity contribution in [3.05, 3.63) is 69.7 Å². The minimum Gasteiger partial charge on any atom is -0.350 e. The maximum Gasteiger partial charge on any atom is 0.252 e. The van der Waals surface area contributed by atoms with Crippen LogP contribution in [0.3, 0.4) is 0 Å². The summed E-state index contributed by atoms with van der Waals surface area (Å²) in [6.07, 6.45) is 0. The van der Waals surface area contributed by atoms with Crippen molar-refractivity contribution in [2.24, 2.45) is 5.73 Å². The standard InChI is InChI=1S/C18H21BrN2O.ClH/c1-12(2)13-7-9-14(10-8-13)17(20)11-21-18(22)15-5-3-4-6-16(15)19;/h3-10,12,17H,11,20H2,1-2H3,(H,21,22);1H. The Bertz CT molecular complexity index is 644. The summed E-state index contributed by atoms with van der Waals surface area (Å²) in [5.41, 5.74) is 9.08. The summed E-state index contributed by atoms with van der Waals surface area (Å²) < 4.78 is 0.780. The molecule has 2 aromatic rings. The third kappa shape index (κ3) is 5.34. The van der Waals surface area contributed by atoms with Crippen LogP contribution in [0.4, 0.5) is 0 Å². The minimum absolute atomic E-state index is 0. The summed E-state index contributed by atoms with van der Waals surface area (Å²) in [7, 11) is 0. The number of nitrogens with one attached hydrogen (secondary N) is 1. The van der Waals surface area contributed by atoms with Gasteiger partial charge < -0.3 is 11.1 Å². The first-order valence-corrected chi connectivity index (χ1v) is 8.16. The largest absolute Gasteiger partial charge is 0.350 e. The highest BCUT2D eigenvalue weighted by atomic mass is 79.9. The molecule has 0 aliphatic rings. The molecule has 2 aromatic carbocycles. The van der Waals surface area contributed by atoms with Crippen molar-refractivity contribution < 1.29 is 4.79 Å². The molecule has 1 amide bonds. The minimum atomic E-state index is -0.215. The number of hydrogen-bond acceptors (Lipinski definition) is 2. The lowest BCUT2D eigenvalue weighted by atomic mass is 9.99. The van der Waals surface area contributed by atoms with Gasteiger partial charge in [-0.25, -0.2) is 0 Å². The lowest BCUT2D eigenvalue weighted by molar-refractivity contribution is 0.0950. The van der Waals surface area contributed by atoms with Crippen molar-refractivity contribution in [3.63, 3.8) is 0 Å². The van der Waals surface area contributed by atoms with Crippen molar-refractivity contribution in [3.8, 4) is 0 Å². The topological polar surface area (TPSA) is 55.1 Å². The summed E-state index contributed by atoms with van der Waals surface area (Å²) in [4.78, 5) is 12.1. The molecule has 0 saturated heterocycles. The van der Waals surface area contributed by atoms with Gasteiger partial charge in [0.15, 0.2) is 0 Å². The summed E-state index contributed by atoms with van der Waals surface area (Å²) >= 11 is 3.38. The molecule has 0 saturated carbocycles. The lowest BCUT2D eigenvalue weighted by Crippen LogP contribution is -2.32. The van der Waals surface area contributed by atoms with E-state index in [1.54, 1.807) is 6.07 Å². The molecule has 0 heterocycles. The Morgan fingerprint density at radius 1 is 1.09 bits per heavy atom. The molecule has 0 spiro atoms. The zero-order valence-corrected chi connectivity index (χ0v) is 15.7.